The van der Waals surface area contributed by atoms with Crippen LogP contribution in [0.15, 0.2) is 23.1 Å². The summed E-state index contributed by atoms with van der Waals surface area (Å²) in [7, 11) is -2.05. The van der Waals surface area contributed by atoms with Gasteiger partial charge in [0.15, 0.2) is 0 Å². The van der Waals surface area contributed by atoms with Crippen LogP contribution in [0, 0.1) is 0 Å². The van der Waals surface area contributed by atoms with Crippen LogP contribution >= 0.6 is 0 Å². The molecule has 0 radical (unpaired) electrons. The molecule has 5 nitrogen and oxygen atoms in total. The lowest BCUT2D eigenvalue weighted by Crippen LogP contribution is -2.19. The Hall–Kier alpha value is -1.11. The van der Waals surface area contributed by atoms with Gasteiger partial charge in [0.1, 0.15) is 5.75 Å². The maximum Gasteiger partial charge on any atom is 0.240 e. The summed E-state index contributed by atoms with van der Waals surface area (Å²) >= 11 is 0. The lowest BCUT2D eigenvalue weighted by molar-refractivity contribution is 0.336. The summed E-state index contributed by atoms with van der Waals surface area (Å²) in [6.07, 6.45) is 0. The van der Waals surface area contributed by atoms with E-state index in [0.717, 1.165) is 0 Å². The van der Waals surface area contributed by atoms with Gasteiger partial charge in [-0.3, -0.25) is 0 Å². The second kappa shape index (κ2) is 5.29. The molecule has 0 aliphatic carbocycles. The van der Waals surface area contributed by atoms with Gasteiger partial charge in [-0.1, -0.05) is 0 Å². The molecule has 0 atom stereocenters. The van der Waals surface area contributed by atoms with Crippen LogP contribution in [0.5, 0.6) is 5.75 Å². The van der Waals surface area contributed by atoms with Crippen molar-refractivity contribution in [2.75, 3.05) is 13.7 Å². The summed E-state index contributed by atoms with van der Waals surface area (Å²) in [6.45, 7) is 2.62. The molecule has 0 fully saturated rings. The van der Waals surface area contributed by atoms with Crippen molar-refractivity contribution in [2.45, 2.75) is 18.4 Å². The summed E-state index contributed by atoms with van der Waals surface area (Å²) in [5.74, 6) is 0.625. The molecular formula is C10H16N2O3S. The highest BCUT2D eigenvalue weighted by Gasteiger charge is 2.13. The minimum atomic E-state index is -3.42. The lowest BCUT2D eigenvalue weighted by Gasteiger charge is -2.10. The zero-order valence-electron chi connectivity index (χ0n) is 9.36. The van der Waals surface area contributed by atoms with Crippen LogP contribution in [0.25, 0.3) is 0 Å². The summed E-state index contributed by atoms with van der Waals surface area (Å²) in [5, 5.41) is 0. The third kappa shape index (κ3) is 2.72. The van der Waals surface area contributed by atoms with E-state index in [9.17, 15) is 8.42 Å². The summed E-state index contributed by atoms with van der Waals surface area (Å²) in [6, 6.07) is 4.64. The predicted octanol–water partition coefficient (Wildman–Crippen LogP) is 0.452. The molecule has 1 aromatic rings. The van der Waals surface area contributed by atoms with Crippen LogP contribution < -0.4 is 15.2 Å². The standard InChI is InChI=1S/C10H16N2O3S/c1-3-15-10-5-4-9(6-8(10)7-11)16(13,14)12-2/h4-6,12H,3,7,11H2,1-2H3. The molecule has 6 heteroatoms. The number of hydrogen-bond donors (Lipinski definition) is 2. The first-order valence-corrected chi connectivity index (χ1v) is 6.42. The first-order valence-electron chi connectivity index (χ1n) is 4.94. The molecule has 0 unspecified atom stereocenters. The van der Waals surface area contributed by atoms with Gasteiger partial charge in [-0.2, -0.15) is 0 Å². The molecule has 0 spiro atoms. The molecule has 0 amide bonds. The van der Waals surface area contributed by atoms with E-state index in [1.807, 2.05) is 6.92 Å². The molecule has 90 valence electrons. The Bertz CT molecular complexity index is 457. The lowest BCUT2D eigenvalue weighted by atomic mass is 10.2. The number of rotatable bonds is 5. The van der Waals surface area contributed by atoms with Gasteiger partial charge in [0.2, 0.25) is 10.0 Å². The first-order chi connectivity index (χ1) is 7.55. The summed E-state index contributed by atoms with van der Waals surface area (Å²) in [5.41, 5.74) is 6.22. The van der Waals surface area contributed by atoms with Crippen molar-refractivity contribution in [1.82, 2.24) is 4.72 Å². The van der Waals surface area contributed by atoms with E-state index in [-0.39, 0.29) is 11.4 Å². The Balaban J connectivity index is 3.19. The molecular weight excluding hydrogens is 228 g/mol. The Morgan fingerprint density at radius 3 is 2.62 bits per heavy atom. The third-order valence-electron chi connectivity index (χ3n) is 2.13. The Kier molecular flexibility index (Phi) is 4.28. The second-order valence-corrected chi connectivity index (χ2v) is 5.00. The van der Waals surface area contributed by atoms with Crippen molar-refractivity contribution >= 4 is 10.0 Å². The van der Waals surface area contributed by atoms with Crippen molar-refractivity contribution in [2.24, 2.45) is 5.73 Å². The molecule has 1 aromatic carbocycles. The van der Waals surface area contributed by atoms with Gasteiger partial charge in [0, 0.05) is 12.1 Å². The molecule has 0 saturated carbocycles. The molecule has 0 aliphatic rings. The average Bonchev–Trinajstić information content (AvgIpc) is 2.29. The number of sulfonamides is 1. The minimum Gasteiger partial charge on any atom is -0.494 e. The van der Waals surface area contributed by atoms with Crippen molar-refractivity contribution in [3.8, 4) is 5.75 Å². The third-order valence-corrected chi connectivity index (χ3v) is 3.54. The predicted molar refractivity (Wildman–Crippen MR) is 61.7 cm³/mol. The fourth-order valence-electron chi connectivity index (χ4n) is 1.30. The molecule has 0 heterocycles. The van der Waals surface area contributed by atoms with E-state index in [0.29, 0.717) is 17.9 Å². The molecule has 0 aromatic heterocycles. The van der Waals surface area contributed by atoms with Gasteiger partial charge >= 0.3 is 0 Å². The SMILES string of the molecule is CCOc1ccc(S(=O)(=O)NC)cc1CN. The largest absolute Gasteiger partial charge is 0.494 e. The van der Waals surface area contributed by atoms with Gasteiger partial charge in [-0.15, -0.1) is 0 Å². The minimum absolute atomic E-state index is 0.193. The number of benzene rings is 1. The molecule has 16 heavy (non-hydrogen) atoms. The molecule has 3 N–H and O–H groups in total. The topological polar surface area (TPSA) is 81.4 Å². The van der Waals surface area contributed by atoms with Crippen molar-refractivity contribution in [1.29, 1.82) is 0 Å². The van der Waals surface area contributed by atoms with Gasteiger partial charge in [-0.25, -0.2) is 13.1 Å². The smallest absolute Gasteiger partial charge is 0.240 e. The maximum atomic E-state index is 11.5. The van der Waals surface area contributed by atoms with E-state index in [4.69, 9.17) is 10.5 Å². The van der Waals surface area contributed by atoms with E-state index in [1.54, 1.807) is 6.07 Å². The zero-order valence-corrected chi connectivity index (χ0v) is 10.2. The van der Waals surface area contributed by atoms with Gasteiger partial charge in [0.05, 0.1) is 11.5 Å². The van der Waals surface area contributed by atoms with Crippen molar-refractivity contribution in [3.63, 3.8) is 0 Å². The van der Waals surface area contributed by atoms with Crippen molar-refractivity contribution < 1.29 is 13.2 Å². The molecule has 0 bridgehead atoms. The van der Waals surface area contributed by atoms with Crippen LogP contribution in [0.3, 0.4) is 0 Å². The fourth-order valence-corrected chi connectivity index (χ4v) is 2.08. The Morgan fingerprint density at radius 2 is 2.12 bits per heavy atom. The summed E-state index contributed by atoms with van der Waals surface area (Å²) in [4.78, 5) is 0.193. The monoisotopic (exact) mass is 244 g/mol. The number of nitrogens with one attached hydrogen (secondary N) is 1. The zero-order chi connectivity index (χ0) is 12.2. The number of ether oxygens (including phenoxy) is 1. The quantitative estimate of drug-likeness (QED) is 0.788. The molecule has 1 rings (SSSR count). The van der Waals surface area contributed by atoms with Crippen LogP contribution in [0.4, 0.5) is 0 Å². The second-order valence-electron chi connectivity index (χ2n) is 3.11. The molecule has 0 saturated heterocycles. The highest BCUT2D eigenvalue weighted by atomic mass is 32.2. The highest BCUT2D eigenvalue weighted by Crippen LogP contribution is 2.22. The highest BCUT2D eigenvalue weighted by molar-refractivity contribution is 7.89. The van der Waals surface area contributed by atoms with E-state index in [2.05, 4.69) is 4.72 Å². The normalized spacial score (nSPS) is 11.4. The Labute approximate surface area is 95.7 Å². The molecule has 0 aliphatic heterocycles. The Morgan fingerprint density at radius 1 is 1.44 bits per heavy atom. The van der Waals surface area contributed by atoms with E-state index in [1.165, 1.54) is 19.2 Å². The first kappa shape index (κ1) is 13.0. The van der Waals surface area contributed by atoms with Crippen LogP contribution in [-0.4, -0.2) is 22.1 Å². The van der Waals surface area contributed by atoms with Crippen LogP contribution in [-0.2, 0) is 16.6 Å². The van der Waals surface area contributed by atoms with Crippen LogP contribution in [0.2, 0.25) is 0 Å². The fraction of sp³-hybridized carbons (Fsp3) is 0.400. The summed E-state index contributed by atoms with van der Waals surface area (Å²) < 4.78 is 30.7. The number of nitrogens with two attached hydrogens (primary N) is 1. The maximum absolute atomic E-state index is 11.5. The van der Waals surface area contributed by atoms with Crippen molar-refractivity contribution in [3.05, 3.63) is 23.8 Å². The van der Waals surface area contributed by atoms with Crippen LogP contribution in [0.1, 0.15) is 12.5 Å². The number of hydrogen-bond acceptors (Lipinski definition) is 4. The van der Waals surface area contributed by atoms with Gasteiger partial charge in [0.25, 0.3) is 0 Å². The van der Waals surface area contributed by atoms with Gasteiger partial charge in [-0.05, 0) is 32.2 Å². The average molecular weight is 244 g/mol. The van der Waals surface area contributed by atoms with E-state index < -0.39 is 10.0 Å². The van der Waals surface area contributed by atoms with Gasteiger partial charge < -0.3 is 10.5 Å². The van der Waals surface area contributed by atoms with E-state index >= 15 is 0 Å².